The molecule has 0 spiro atoms. The summed E-state index contributed by atoms with van der Waals surface area (Å²) in [6.07, 6.45) is 3.16. The zero-order valence-corrected chi connectivity index (χ0v) is 9.82. The van der Waals surface area contributed by atoms with Crippen LogP contribution in [0.1, 0.15) is 10.4 Å². The first-order chi connectivity index (χ1) is 8.74. The summed E-state index contributed by atoms with van der Waals surface area (Å²) in [7, 11) is 0. The summed E-state index contributed by atoms with van der Waals surface area (Å²) in [5, 5.41) is 2.94. The lowest BCUT2D eigenvalue weighted by molar-refractivity contribution is 0.102. The van der Waals surface area contributed by atoms with E-state index < -0.39 is 0 Å². The van der Waals surface area contributed by atoms with Crippen LogP contribution in [-0.4, -0.2) is 22.7 Å². The third-order valence-corrected chi connectivity index (χ3v) is 2.70. The summed E-state index contributed by atoms with van der Waals surface area (Å²) in [5.41, 5.74) is 0.376. The third-order valence-electron chi connectivity index (χ3n) is 2.42. The highest BCUT2D eigenvalue weighted by atomic mass is 35.5. The maximum Gasteiger partial charge on any atom is 0.258 e. The van der Waals surface area contributed by atoms with Crippen molar-refractivity contribution in [2.24, 2.45) is 0 Å². The Morgan fingerprint density at radius 1 is 1.44 bits per heavy atom. The molecule has 1 amide bonds. The quantitative estimate of drug-likeness (QED) is 0.871. The van der Waals surface area contributed by atoms with Crippen LogP contribution in [-0.2, 0) is 0 Å². The number of amides is 1. The van der Waals surface area contributed by atoms with Gasteiger partial charge < -0.3 is 14.5 Å². The van der Waals surface area contributed by atoms with Crippen LogP contribution in [0, 0.1) is 0 Å². The number of anilines is 1. The van der Waals surface area contributed by atoms with E-state index >= 15 is 0 Å². The predicted molar refractivity (Wildman–Crippen MR) is 64.1 cm³/mol. The fraction of sp³-hybridized carbons (Fsp3) is 0.0909. The topological polar surface area (TPSA) is 76.2 Å². The lowest BCUT2D eigenvalue weighted by atomic mass is 10.2. The lowest BCUT2D eigenvalue weighted by Crippen LogP contribution is -2.12. The number of aromatic amines is 1. The monoisotopic (exact) mass is 265 g/mol. The first kappa shape index (κ1) is 10.9. The van der Waals surface area contributed by atoms with Crippen LogP contribution in [0.3, 0.4) is 0 Å². The van der Waals surface area contributed by atoms with E-state index in [2.05, 4.69) is 15.3 Å². The molecule has 1 aromatic heterocycles. The minimum absolute atomic E-state index is 0.109. The van der Waals surface area contributed by atoms with Crippen LogP contribution in [0.5, 0.6) is 11.5 Å². The molecule has 3 rings (SSSR count). The fourth-order valence-electron chi connectivity index (χ4n) is 1.61. The normalized spacial score (nSPS) is 12.5. The Kier molecular flexibility index (Phi) is 2.56. The second kappa shape index (κ2) is 4.23. The molecule has 0 saturated carbocycles. The maximum absolute atomic E-state index is 11.9. The average molecular weight is 266 g/mol. The molecule has 0 atom stereocenters. The molecule has 1 aromatic carbocycles. The number of halogens is 1. The molecule has 18 heavy (non-hydrogen) atoms. The minimum atomic E-state index is -0.329. The minimum Gasteiger partial charge on any atom is -0.454 e. The zero-order valence-electron chi connectivity index (χ0n) is 9.07. The number of benzene rings is 1. The van der Waals surface area contributed by atoms with Gasteiger partial charge in [-0.25, -0.2) is 4.98 Å². The Labute approximate surface area is 107 Å². The van der Waals surface area contributed by atoms with Gasteiger partial charge in [0.15, 0.2) is 11.5 Å². The van der Waals surface area contributed by atoms with Gasteiger partial charge in [0.1, 0.15) is 0 Å². The number of nitrogens with one attached hydrogen (secondary N) is 2. The smallest absolute Gasteiger partial charge is 0.258 e. The van der Waals surface area contributed by atoms with Crippen molar-refractivity contribution >= 4 is 23.5 Å². The molecule has 0 unspecified atom stereocenters. The van der Waals surface area contributed by atoms with Crippen LogP contribution in [0.25, 0.3) is 0 Å². The van der Waals surface area contributed by atoms with E-state index in [1.165, 1.54) is 6.07 Å². The first-order valence-corrected chi connectivity index (χ1v) is 5.52. The van der Waals surface area contributed by atoms with Gasteiger partial charge in [-0.2, -0.15) is 0 Å². The highest BCUT2D eigenvalue weighted by Crippen LogP contribution is 2.39. The summed E-state index contributed by atoms with van der Waals surface area (Å²) in [6, 6.07) is 3.10. The molecule has 2 heterocycles. The van der Waals surface area contributed by atoms with Crippen molar-refractivity contribution in [3.8, 4) is 11.5 Å². The number of nitrogens with zero attached hydrogens (tertiary/aromatic N) is 1. The van der Waals surface area contributed by atoms with Gasteiger partial charge in [-0.3, -0.25) is 10.1 Å². The van der Waals surface area contributed by atoms with Crippen LogP contribution in [0.2, 0.25) is 5.02 Å². The van der Waals surface area contributed by atoms with Crippen LogP contribution in [0.15, 0.2) is 24.5 Å². The van der Waals surface area contributed by atoms with Crippen molar-refractivity contribution in [1.29, 1.82) is 0 Å². The second-order valence-corrected chi connectivity index (χ2v) is 3.99. The van der Waals surface area contributed by atoms with Crippen LogP contribution < -0.4 is 14.8 Å². The molecule has 92 valence electrons. The number of rotatable bonds is 2. The van der Waals surface area contributed by atoms with E-state index in [9.17, 15) is 4.79 Å². The van der Waals surface area contributed by atoms with E-state index in [1.54, 1.807) is 18.5 Å². The van der Waals surface area contributed by atoms with Crippen molar-refractivity contribution in [2.75, 3.05) is 12.1 Å². The van der Waals surface area contributed by atoms with E-state index in [0.29, 0.717) is 28.0 Å². The highest BCUT2D eigenvalue weighted by molar-refractivity contribution is 6.32. The Balaban J connectivity index is 1.88. The molecule has 2 aromatic rings. The molecule has 2 N–H and O–H groups in total. The molecule has 0 bridgehead atoms. The number of hydrogen-bond donors (Lipinski definition) is 2. The third kappa shape index (κ3) is 1.86. The highest BCUT2D eigenvalue weighted by Gasteiger charge is 2.20. The summed E-state index contributed by atoms with van der Waals surface area (Å²) in [6.45, 7) is 0.109. The van der Waals surface area contributed by atoms with Crippen molar-refractivity contribution in [2.45, 2.75) is 0 Å². The SMILES string of the molecule is O=C(Nc1ncc[nH]1)c1cc(Cl)c2c(c1)OCO2. The number of aromatic nitrogens is 2. The van der Waals surface area contributed by atoms with E-state index in [-0.39, 0.29) is 12.7 Å². The van der Waals surface area contributed by atoms with Gasteiger partial charge in [-0.15, -0.1) is 0 Å². The molecular formula is C11H8ClN3O3. The summed E-state index contributed by atoms with van der Waals surface area (Å²) in [5.74, 6) is 0.970. The summed E-state index contributed by atoms with van der Waals surface area (Å²) < 4.78 is 10.4. The summed E-state index contributed by atoms with van der Waals surface area (Å²) in [4.78, 5) is 18.6. The summed E-state index contributed by atoms with van der Waals surface area (Å²) >= 11 is 5.99. The molecule has 6 nitrogen and oxygen atoms in total. The molecule has 0 radical (unpaired) electrons. The number of ether oxygens (including phenoxy) is 2. The Morgan fingerprint density at radius 3 is 3.11 bits per heavy atom. The van der Waals surface area contributed by atoms with Gasteiger partial charge in [-0.05, 0) is 12.1 Å². The van der Waals surface area contributed by atoms with Gasteiger partial charge in [0.05, 0.1) is 5.02 Å². The van der Waals surface area contributed by atoms with Crippen molar-refractivity contribution < 1.29 is 14.3 Å². The molecule has 1 aliphatic heterocycles. The average Bonchev–Trinajstić information content (AvgIpc) is 2.98. The zero-order chi connectivity index (χ0) is 12.5. The first-order valence-electron chi connectivity index (χ1n) is 5.14. The molecule has 0 aliphatic carbocycles. The van der Waals surface area contributed by atoms with Crippen molar-refractivity contribution in [3.63, 3.8) is 0 Å². The molecule has 0 fully saturated rings. The van der Waals surface area contributed by atoms with Crippen LogP contribution >= 0.6 is 11.6 Å². The standard InChI is InChI=1S/C11H8ClN3O3/c12-7-3-6(4-8-9(7)18-5-17-8)10(16)15-11-13-1-2-14-11/h1-4H,5H2,(H2,13,14,15,16). The Bertz CT molecular complexity index is 598. The van der Waals surface area contributed by atoms with E-state index in [1.807, 2.05) is 0 Å². The number of carbonyl (C=O) groups is 1. The Morgan fingerprint density at radius 2 is 2.33 bits per heavy atom. The maximum atomic E-state index is 11.9. The number of carbonyl (C=O) groups excluding carboxylic acids is 1. The molecular weight excluding hydrogens is 258 g/mol. The largest absolute Gasteiger partial charge is 0.454 e. The van der Waals surface area contributed by atoms with Crippen molar-refractivity contribution in [1.82, 2.24) is 9.97 Å². The van der Waals surface area contributed by atoms with Gasteiger partial charge in [0, 0.05) is 18.0 Å². The number of imidazole rings is 1. The molecule has 7 heteroatoms. The predicted octanol–water partition coefficient (Wildman–Crippen LogP) is 2.04. The van der Waals surface area contributed by atoms with Crippen molar-refractivity contribution in [3.05, 3.63) is 35.1 Å². The van der Waals surface area contributed by atoms with Gasteiger partial charge in [-0.1, -0.05) is 11.6 Å². The molecule has 0 saturated heterocycles. The number of H-pyrrole nitrogens is 1. The number of hydrogen-bond acceptors (Lipinski definition) is 4. The number of fused-ring (bicyclic) bond motifs is 1. The van der Waals surface area contributed by atoms with Gasteiger partial charge >= 0.3 is 0 Å². The second-order valence-electron chi connectivity index (χ2n) is 3.58. The molecule has 1 aliphatic rings. The van der Waals surface area contributed by atoms with Crippen LogP contribution in [0.4, 0.5) is 5.95 Å². The van der Waals surface area contributed by atoms with Gasteiger partial charge in [0.25, 0.3) is 5.91 Å². The fourth-order valence-corrected chi connectivity index (χ4v) is 1.88. The Hall–Kier alpha value is -2.21. The van der Waals surface area contributed by atoms with E-state index in [0.717, 1.165) is 0 Å². The van der Waals surface area contributed by atoms with Gasteiger partial charge in [0.2, 0.25) is 12.7 Å². The lowest BCUT2D eigenvalue weighted by Gasteiger charge is -2.04. The van der Waals surface area contributed by atoms with E-state index in [4.69, 9.17) is 21.1 Å².